The highest BCUT2D eigenvalue weighted by molar-refractivity contribution is 6.09. The van der Waals surface area contributed by atoms with Gasteiger partial charge in [0, 0.05) is 22.8 Å². The number of benzene rings is 1. The molecule has 19 heavy (non-hydrogen) atoms. The van der Waals surface area contributed by atoms with Gasteiger partial charge < -0.3 is 4.57 Å². The maximum atomic E-state index is 11.0. The zero-order chi connectivity index (χ0) is 13.4. The van der Waals surface area contributed by atoms with E-state index in [1.807, 2.05) is 19.1 Å². The van der Waals surface area contributed by atoms with Crippen LogP contribution in [0.5, 0.6) is 0 Å². The molecule has 0 saturated carbocycles. The van der Waals surface area contributed by atoms with Crippen LogP contribution in [0.4, 0.5) is 0 Å². The number of rotatable bonds is 3. The van der Waals surface area contributed by atoms with Gasteiger partial charge in [0.25, 0.3) is 0 Å². The second kappa shape index (κ2) is 4.50. The number of hydrogen-bond donors (Lipinski definition) is 0. The van der Waals surface area contributed by atoms with Crippen molar-refractivity contribution < 1.29 is 4.79 Å². The molecule has 3 heteroatoms. The Kier molecular flexibility index (Phi) is 2.82. The van der Waals surface area contributed by atoms with Gasteiger partial charge in [-0.05, 0) is 25.5 Å². The van der Waals surface area contributed by atoms with Crippen molar-refractivity contribution >= 4 is 28.1 Å². The fraction of sp³-hybridized carbons (Fsp3) is 0.250. The van der Waals surface area contributed by atoms with Crippen molar-refractivity contribution in [1.29, 1.82) is 0 Å². The molecule has 0 aliphatic rings. The molecule has 0 amide bonds. The molecule has 3 nitrogen and oxygen atoms in total. The van der Waals surface area contributed by atoms with Crippen molar-refractivity contribution in [3.05, 3.63) is 41.7 Å². The molecular formula is C16H16N2O. The van der Waals surface area contributed by atoms with E-state index in [0.29, 0.717) is 5.69 Å². The van der Waals surface area contributed by atoms with Crippen LogP contribution in [0.3, 0.4) is 0 Å². The smallest absolute Gasteiger partial charge is 0.168 e. The summed E-state index contributed by atoms with van der Waals surface area (Å²) in [5, 5.41) is 2.32. The summed E-state index contributed by atoms with van der Waals surface area (Å²) in [4.78, 5) is 15.4. The van der Waals surface area contributed by atoms with E-state index in [2.05, 4.69) is 34.7 Å². The predicted molar refractivity (Wildman–Crippen MR) is 77.7 cm³/mol. The minimum absolute atomic E-state index is 0.504. The first-order chi connectivity index (χ1) is 9.26. The van der Waals surface area contributed by atoms with Gasteiger partial charge in [-0.15, -0.1) is 0 Å². The standard InChI is InChI=1S/C16H16N2O/c1-3-8-18-15-7-5-4-6-13(15)14-9-12(10-19)17-11(2)16(14)18/h4-7,9-10H,3,8H2,1-2H3. The number of hydrogen-bond acceptors (Lipinski definition) is 2. The van der Waals surface area contributed by atoms with E-state index < -0.39 is 0 Å². The van der Waals surface area contributed by atoms with Crippen molar-refractivity contribution in [3.63, 3.8) is 0 Å². The van der Waals surface area contributed by atoms with Crippen molar-refractivity contribution in [3.8, 4) is 0 Å². The van der Waals surface area contributed by atoms with Crippen LogP contribution < -0.4 is 0 Å². The van der Waals surface area contributed by atoms with Crippen LogP contribution in [0, 0.1) is 6.92 Å². The average Bonchev–Trinajstić information content (AvgIpc) is 2.75. The predicted octanol–water partition coefficient (Wildman–Crippen LogP) is 3.72. The van der Waals surface area contributed by atoms with Crippen LogP contribution >= 0.6 is 0 Å². The number of aryl methyl sites for hydroxylation is 2. The summed E-state index contributed by atoms with van der Waals surface area (Å²) < 4.78 is 2.31. The molecule has 1 aromatic carbocycles. The molecule has 0 aliphatic carbocycles. The van der Waals surface area contributed by atoms with Crippen molar-refractivity contribution in [2.24, 2.45) is 0 Å². The molecule has 0 saturated heterocycles. The Balaban J connectivity index is 2.51. The van der Waals surface area contributed by atoms with Gasteiger partial charge in [0.05, 0.1) is 11.2 Å². The van der Waals surface area contributed by atoms with Gasteiger partial charge in [-0.25, -0.2) is 4.98 Å². The van der Waals surface area contributed by atoms with Crippen LogP contribution in [-0.2, 0) is 6.54 Å². The molecule has 3 aromatic rings. The summed E-state index contributed by atoms with van der Waals surface area (Å²) in [5.41, 5.74) is 3.79. The highest BCUT2D eigenvalue weighted by Gasteiger charge is 2.13. The molecule has 0 radical (unpaired) electrons. The fourth-order valence-corrected chi connectivity index (χ4v) is 2.81. The highest BCUT2D eigenvalue weighted by Crippen LogP contribution is 2.30. The number of para-hydroxylation sites is 1. The Hall–Kier alpha value is -2.16. The lowest BCUT2D eigenvalue weighted by Crippen LogP contribution is -1.99. The molecule has 2 heterocycles. The van der Waals surface area contributed by atoms with Crippen molar-refractivity contribution in [2.75, 3.05) is 0 Å². The maximum Gasteiger partial charge on any atom is 0.168 e. The van der Waals surface area contributed by atoms with Gasteiger partial charge >= 0.3 is 0 Å². The third-order valence-electron chi connectivity index (χ3n) is 3.51. The first-order valence-electron chi connectivity index (χ1n) is 6.60. The number of pyridine rings is 1. The lowest BCUT2D eigenvalue weighted by atomic mass is 10.1. The third kappa shape index (κ3) is 1.73. The van der Waals surface area contributed by atoms with Gasteiger partial charge in [-0.3, -0.25) is 4.79 Å². The summed E-state index contributed by atoms with van der Waals surface area (Å²) in [6.07, 6.45) is 1.89. The highest BCUT2D eigenvalue weighted by atomic mass is 16.1. The van der Waals surface area contributed by atoms with E-state index in [1.165, 1.54) is 10.9 Å². The number of carbonyl (C=O) groups is 1. The molecule has 2 aromatic heterocycles. The normalized spacial score (nSPS) is 11.3. The number of aldehydes is 1. The Morgan fingerprint density at radius 3 is 2.79 bits per heavy atom. The number of carbonyl (C=O) groups excluding carboxylic acids is 1. The van der Waals surface area contributed by atoms with Gasteiger partial charge in [-0.1, -0.05) is 25.1 Å². The van der Waals surface area contributed by atoms with Gasteiger partial charge in [0.2, 0.25) is 0 Å². The Bertz CT molecular complexity index is 771. The minimum atomic E-state index is 0.504. The van der Waals surface area contributed by atoms with Crippen LogP contribution in [-0.4, -0.2) is 15.8 Å². The molecule has 0 unspecified atom stereocenters. The van der Waals surface area contributed by atoms with E-state index in [0.717, 1.165) is 35.8 Å². The van der Waals surface area contributed by atoms with Crippen LogP contribution in [0.15, 0.2) is 30.3 Å². The largest absolute Gasteiger partial charge is 0.339 e. The van der Waals surface area contributed by atoms with Gasteiger partial charge in [-0.2, -0.15) is 0 Å². The fourth-order valence-electron chi connectivity index (χ4n) is 2.81. The van der Waals surface area contributed by atoms with E-state index in [-0.39, 0.29) is 0 Å². The molecule has 0 N–H and O–H groups in total. The van der Waals surface area contributed by atoms with E-state index in [9.17, 15) is 4.79 Å². The lowest BCUT2D eigenvalue weighted by Gasteiger charge is -2.07. The van der Waals surface area contributed by atoms with Gasteiger partial charge in [0.15, 0.2) is 6.29 Å². The molecular weight excluding hydrogens is 236 g/mol. The monoisotopic (exact) mass is 252 g/mol. The van der Waals surface area contributed by atoms with E-state index in [4.69, 9.17) is 0 Å². The summed E-state index contributed by atoms with van der Waals surface area (Å²) in [5.74, 6) is 0. The summed E-state index contributed by atoms with van der Waals surface area (Å²) in [7, 11) is 0. The van der Waals surface area contributed by atoms with Crippen molar-refractivity contribution in [2.45, 2.75) is 26.8 Å². The molecule has 0 spiro atoms. The second-order valence-corrected chi connectivity index (χ2v) is 4.82. The van der Waals surface area contributed by atoms with E-state index in [1.54, 1.807) is 0 Å². The van der Waals surface area contributed by atoms with Crippen LogP contribution in [0.25, 0.3) is 21.8 Å². The number of fused-ring (bicyclic) bond motifs is 3. The molecule has 0 bridgehead atoms. The first kappa shape index (κ1) is 11.9. The van der Waals surface area contributed by atoms with E-state index >= 15 is 0 Å². The minimum Gasteiger partial charge on any atom is -0.339 e. The zero-order valence-electron chi connectivity index (χ0n) is 11.2. The Morgan fingerprint density at radius 2 is 2.05 bits per heavy atom. The lowest BCUT2D eigenvalue weighted by molar-refractivity contribution is 0.111. The van der Waals surface area contributed by atoms with Gasteiger partial charge in [0.1, 0.15) is 5.69 Å². The molecule has 0 atom stereocenters. The SMILES string of the molecule is CCCn1c2ccccc2c2cc(C=O)nc(C)c21. The number of nitrogens with zero attached hydrogens (tertiary/aromatic N) is 2. The van der Waals surface area contributed by atoms with Crippen molar-refractivity contribution in [1.82, 2.24) is 9.55 Å². The molecule has 3 rings (SSSR count). The molecule has 96 valence electrons. The third-order valence-corrected chi connectivity index (χ3v) is 3.51. The van der Waals surface area contributed by atoms with Crippen LogP contribution in [0.2, 0.25) is 0 Å². The summed E-state index contributed by atoms with van der Waals surface area (Å²) in [6.45, 7) is 5.11. The molecule has 0 aliphatic heterocycles. The second-order valence-electron chi connectivity index (χ2n) is 4.82. The van der Waals surface area contributed by atoms with Crippen LogP contribution in [0.1, 0.15) is 29.5 Å². The Labute approximate surface area is 111 Å². The summed E-state index contributed by atoms with van der Waals surface area (Å²) >= 11 is 0. The average molecular weight is 252 g/mol. The zero-order valence-corrected chi connectivity index (χ0v) is 11.2. The molecule has 0 fully saturated rings. The maximum absolute atomic E-state index is 11.0. The summed E-state index contributed by atoms with van der Waals surface area (Å²) in [6, 6.07) is 10.2. The quantitative estimate of drug-likeness (QED) is 0.666. The Morgan fingerprint density at radius 1 is 1.26 bits per heavy atom. The number of aromatic nitrogens is 2. The topological polar surface area (TPSA) is 34.9 Å². The first-order valence-corrected chi connectivity index (χ1v) is 6.60.